The van der Waals surface area contributed by atoms with E-state index < -0.39 is 11.9 Å². The Balaban J connectivity index is 2.62. The lowest BCUT2D eigenvalue weighted by Gasteiger charge is -2.30. The maximum atomic E-state index is 11.5. The van der Waals surface area contributed by atoms with E-state index in [0.29, 0.717) is 24.0 Å². The summed E-state index contributed by atoms with van der Waals surface area (Å²) >= 11 is 0. The third-order valence-corrected chi connectivity index (χ3v) is 2.86. The molecule has 0 N–H and O–H groups in total. The van der Waals surface area contributed by atoms with Crippen LogP contribution in [0.4, 0.5) is 0 Å². The number of ether oxygens (including phenoxy) is 2. The van der Waals surface area contributed by atoms with Crippen molar-refractivity contribution >= 4 is 11.9 Å². The lowest BCUT2D eigenvalue weighted by Crippen LogP contribution is -2.38. The molecule has 1 saturated carbocycles. The maximum Gasteiger partial charge on any atom is 0.333 e. The van der Waals surface area contributed by atoms with Gasteiger partial charge in [-0.3, -0.25) is 0 Å². The van der Waals surface area contributed by atoms with Gasteiger partial charge in [0.15, 0.2) is 0 Å². The fraction of sp³-hybridized carbons (Fsp3) is 0.571. The molecular formula is C14H20O4. The van der Waals surface area contributed by atoms with E-state index in [1.165, 1.54) is 0 Å². The van der Waals surface area contributed by atoms with Gasteiger partial charge in [-0.2, -0.15) is 0 Å². The Hall–Kier alpha value is -1.58. The first-order valence-corrected chi connectivity index (χ1v) is 6.14. The fourth-order valence-corrected chi connectivity index (χ4v) is 1.81. The molecule has 0 aromatic rings. The van der Waals surface area contributed by atoms with Crippen molar-refractivity contribution in [3.05, 3.63) is 24.3 Å². The largest absolute Gasteiger partial charge is 0.455 e. The Labute approximate surface area is 108 Å². The molecule has 1 aliphatic rings. The second-order valence-electron chi connectivity index (χ2n) is 4.73. The Morgan fingerprint density at radius 2 is 1.22 bits per heavy atom. The fourth-order valence-electron chi connectivity index (χ4n) is 1.81. The molecule has 0 amide bonds. The molecule has 2 unspecified atom stereocenters. The van der Waals surface area contributed by atoms with Crippen LogP contribution >= 0.6 is 0 Å². The molecule has 1 aliphatic carbocycles. The van der Waals surface area contributed by atoms with Gasteiger partial charge in [0.1, 0.15) is 12.2 Å². The summed E-state index contributed by atoms with van der Waals surface area (Å²) in [5, 5.41) is 0. The topological polar surface area (TPSA) is 52.6 Å². The van der Waals surface area contributed by atoms with E-state index in [4.69, 9.17) is 9.47 Å². The van der Waals surface area contributed by atoms with Gasteiger partial charge in [-0.05, 0) is 39.5 Å². The Morgan fingerprint density at radius 1 is 0.889 bits per heavy atom. The lowest BCUT2D eigenvalue weighted by molar-refractivity contribution is -0.166. The maximum absolute atomic E-state index is 11.5. The van der Waals surface area contributed by atoms with Crippen LogP contribution in [-0.2, 0) is 19.1 Å². The molecule has 1 fully saturated rings. The molecule has 0 heterocycles. The van der Waals surface area contributed by atoms with Crippen molar-refractivity contribution in [1.29, 1.82) is 0 Å². The van der Waals surface area contributed by atoms with Crippen molar-refractivity contribution in [2.75, 3.05) is 0 Å². The van der Waals surface area contributed by atoms with Gasteiger partial charge in [-0.1, -0.05) is 13.2 Å². The highest BCUT2D eigenvalue weighted by atomic mass is 16.6. The number of esters is 2. The van der Waals surface area contributed by atoms with E-state index in [9.17, 15) is 9.59 Å². The van der Waals surface area contributed by atoms with Gasteiger partial charge in [0.25, 0.3) is 0 Å². The molecule has 1 rings (SSSR count). The average molecular weight is 252 g/mol. The Kier molecular flexibility index (Phi) is 5.13. The lowest BCUT2D eigenvalue weighted by atomic mass is 9.94. The molecule has 0 aromatic carbocycles. The van der Waals surface area contributed by atoms with E-state index in [1.807, 2.05) is 0 Å². The van der Waals surface area contributed by atoms with Crippen LogP contribution in [0.5, 0.6) is 0 Å². The minimum atomic E-state index is -0.432. The first-order chi connectivity index (χ1) is 8.41. The molecule has 0 radical (unpaired) electrons. The summed E-state index contributed by atoms with van der Waals surface area (Å²) in [5.41, 5.74) is 0.705. The quantitative estimate of drug-likeness (QED) is 0.570. The van der Waals surface area contributed by atoms with Gasteiger partial charge in [-0.15, -0.1) is 0 Å². The Bertz CT molecular complexity index is 334. The molecular weight excluding hydrogens is 232 g/mol. The average Bonchev–Trinajstić information content (AvgIpc) is 2.31. The highest BCUT2D eigenvalue weighted by Crippen LogP contribution is 2.25. The van der Waals surface area contributed by atoms with Crippen LogP contribution in [0.3, 0.4) is 0 Å². The first kappa shape index (κ1) is 14.5. The first-order valence-electron chi connectivity index (χ1n) is 6.14. The van der Waals surface area contributed by atoms with E-state index in [1.54, 1.807) is 13.8 Å². The molecule has 4 nitrogen and oxygen atoms in total. The van der Waals surface area contributed by atoms with Crippen LogP contribution in [0.2, 0.25) is 0 Å². The zero-order chi connectivity index (χ0) is 13.7. The molecule has 0 aliphatic heterocycles. The predicted molar refractivity (Wildman–Crippen MR) is 67.9 cm³/mol. The monoisotopic (exact) mass is 252 g/mol. The number of hydrogen-bond donors (Lipinski definition) is 0. The summed E-state index contributed by atoms with van der Waals surface area (Å²) < 4.78 is 10.6. The summed E-state index contributed by atoms with van der Waals surface area (Å²) in [5.74, 6) is -0.864. The number of carbonyl (C=O) groups excluding carboxylic acids is 2. The smallest absolute Gasteiger partial charge is 0.333 e. The molecule has 0 spiro atoms. The molecule has 4 heteroatoms. The number of hydrogen-bond acceptors (Lipinski definition) is 4. The van der Waals surface area contributed by atoms with E-state index in [0.717, 1.165) is 12.8 Å². The summed E-state index contributed by atoms with van der Waals surface area (Å²) in [7, 11) is 0. The molecule has 0 saturated heterocycles. The van der Waals surface area contributed by atoms with Gasteiger partial charge < -0.3 is 9.47 Å². The van der Waals surface area contributed by atoms with Crippen LogP contribution in [0.1, 0.15) is 39.5 Å². The van der Waals surface area contributed by atoms with Crippen LogP contribution in [-0.4, -0.2) is 24.1 Å². The summed E-state index contributed by atoms with van der Waals surface area (Å²) in [6.45, 7) is 10.3. The van der Waals surface area contributed by atoms with Crippen molar-refractivity contribution < 1.29 is 19.1 Å². The minimum Gasteiger partial charge on any atom is -0.455 e. The summed E-state index contributed by atoms with van der Waals surface area (Å²) in [6, 6.07) is 0. The third-order valence-electron chi connectivity index (χ3n) is 2.86. The van der Waals surface area contributed by atoms with Crippen molar-refractivity contribution in [2.24, 2.45) is 0 Å². The normalized spacial score (nSPS) is 23.0. The van der Waals surface area contributed by atoms with Gasteiger partial charge in [0.05, 0.1) is 0 Å². The van der Waals surface area contributed by atoms with Crippen LogP contribution in [0.25, 0.3) is 0 Å². The van der Waals surface area contributed by atoms with Gasteiger partial charge in [-0.25, -0.2) is 9.59 Å². The number of rotatable bonds is 4. The summed E-state index contributed by atoms with van der Waals surface area (Å²) in [4.78, 5) is 23.0. The van der Waals surface area contributed by atoms with Crippen LogP contribution in [0.15, 0.2) is 24.3 Å². The molecule has 0 bridgehead atoms. The van der Waals surface area contributed by atoms with Crippen molar-refractivity contribution in [3.63, 3.8) is 0 Å². The van der Waals surface area contributed by atoms with E-state index >= 15 is 0 Å². The minimum absolute atomic E-state index is 0.352. The molecule has 18 heavy (non-hydrogen) atoms. The number of carbonyl (C=O) groups is 2. The predicted octanol–water partition coefficient (Wildman–Crippen LogP) is 2.54. The third kappa shape index (κ3) is 4.02. The van der Waals surface area contributed by atoms with Crippen LogP contribution in [0, 0.1) is 0 Å². The molecule has 2 atom stereocenters. The second-order valence-corrected chi connectivity index (χ2v) is 4.73. The van der Waals surface area contributed by atoms with Crippen molar-refractivity contribution in [1.82, 2.24) is 0 Å². The van der Waals surface area contributed by atoms with Gasteiger partial charge in [0, 0.05) is 11.1 Å². The van der Waals surface area contributed by atoms with Crippen molar-refractivity contribution in [3.8, 4) is 0 Å². The summed E-state index contributed by atoms with van der Waals surface area (Å²) in [6.07, 6.45) is 2.63. The van der Waals surface area contributed by atoms with Crippen molar-refractivity contribution in [2.45, 2.75) is 51.7 Å². The van der Waals surface area contributed by atoms with Gasteiger partial charge in [0.2, 0.25) is 0 Å². The highest BCUT2D eigenvalue weighted by molar-refractivity contribution is 5.88. The highest BCUT2D eigenvalue weighted by Gasteiger charge is 2.31. The zero-order valence-corrected chi connectivity index (χ0v) is 11.0. The second kappa shape index (κ2) is 6.38. The standard InChI is InChI=1S/C14H20O4/c1-9(2)13(15)17-11-7-5-6-8-12(11)18-14(16)10(3)4/h11-12H,1,3,5-8H2,2,4H3. The SMILES string of the molecule is C=C(C)C(=O)OC1CCCCC1OC(=O)C(=C)C. The van der Waals surface area contributed by atoms with Gasteiger partial charge >= 0.3 is 11.9 Å². The molecule has 0 aromatic heterocycles. The van der Waals surface area contributed by atoms with Crippen LogP contribution < -0.4 is 0 Å². The zero-order valence-electron chi connectivity index (χ0n) is 11.0. The van der Waals surface area contributed by atoms with E-state index in [-0.39, 0.29) is 12.2 Å². The van der Waals surface area contributed by atoms with E-state index in [2.05, 4.69) is 13.2 Å². The molecule has 100 valence electrons. The Morgan fingerprint density at radius 3 is 1.50 bits per heavy atom.